The van der Waals surface area contributed by atoms with E-state index in [2.05, 4.69) is 0 Å². The maximum absolute atomic E-state index is 13.7. The average molecular weight is 260 g/mol. The van der Waals surface area contributed by atoms with Crippen molar-refractivity contribution in [3.05, 3.63) is 34.6 Å². The highest BCUT2D eigenvalue weighted by Gasteiger charge is 2.15. The van der Waals surface area contributed by atoms with Crippen LogP contribution in [-0.4, -0.2) is 28.7 Å². The van der Waals surface area contributed by atoms with Gasteiger partial charge in [0.2, 0.25) is 0 Å². The zero-order valence-electron chi connectivity index (χ0n) is 10.5. The van der Waals surface area contributed by atoms with Crippen LogP contribution in [0.1, 0.15) is 26.3 Å². The van der Waals surface area contributed by atoms with Gasteiger partial charge < -0.3 is 5.11 Å². The number of halogens is 2. The van der Waals surface area contributed by atoms with Crippen molar-refractivity contribution in [1.29, 1.82) is 0 Å². The summed E-state index contributed by atoms with van der Waals surface area (Å²) in [5.41, 5.74) is 0.562. The fourth-order valence-electron chi connectivity index (χ4n) is 1.69. The fourth-order valence-corrected chi connectivity index (χ4v) is 1.88. The molecular weight excluding hydrogens is 241 g/mol. The minimum Gasteiger partial charge on any atom is -0.392 e. The second-order valence-electron chi connectivity index (χ2n) is 4.59. The van der Waals surface area contributed by atoms with Gasteiger partial charge in [-0.2, -0.15) is 0 Å². The van der Waals surface area contributed by atoms with Gasteiger partial charge in [-0.3, -0.25) is 4.90 Å². The lowest BCUT2D eigenvalue weighted by atomic mass is 10.1. The number of aliphatic hydroxyl groups excluding tert-OH is 1. The van der Waals surface area contributed by atoms with Crippen LogP contribution in [0.3, 0.4) is 0 Å². The number of rotatable bonds is 5. The Bertz CT molecular complexity index is 368. The van der Waals surface area contributed by atoms with Crippen molar-refractivity contribution in [1.82, 2.24) is 4.90 Å². The molecule has 17 heavy (non-hydrogen) atoms. The van der Waals surface area contributed by atoms with Gasteiger partial charge in [-0.15, -0.1) is 0 Å². The Morgan fingerprint density at radius 1 is 1.35 bits per heavy atom. The van der Waals surface area contributed by atoms with Crippen molar-refractivity contribution in [2.24, 2.45) is 0 Å². The summed E-state index contributed by atoms with van der Waals surface area (Å²) in [6.45, 7) is 6.73. The largest absolute Gasteiger partial charge is 0.392 e. The number of nitrogens with zero attached hydrogens (tertiary/aromatic N) is 1. The smallest absolute Gasteiger partial charge is 0.146 e. The summed E-state index contributed by atoms with van der Waals surface area (Å²) in [7, 11) is 0. The normalized spacial score (nSPS) is 13.4. The molecule has 0 aromatic heterocycles. The topological polar surface area (TPSA) is 23.5 Å². The highest BCUT2D eigenvalue weighted by atomic mass is 35.5. The van der Waals surface area contributed by atoms with E-state index in [9.17, 15) is 9.50 Å². The highest BCUT2D eigenvalue weighted by Crippen LogP contribution is 2.20. The molecule has 1 aromatic carbocycles. The van der Waals surface area contributed by atoms with Gasteiger partial charge in [0.05, 0.1) is 11.1 Å². The molecule has 1 N–H and O–H groups in total. The maximum atomic E-state index is 13.7. The summed E-state index contributed by atoms with van der Waals surface area (Å²) in [5, 5.41) is 9.55. The molecule has 0 heterocycles. The molecule has 0 amide bonds. The fraction of sp³-hybridized carbons (Fsp3) is 0.538. The van der Waals surface area contributed by atoms with Crippen molar-refractivity contribution in [2.75, 3.05) is 6.54 Å². The van der Waals surface area contributed by atoms with Crippen LogP contribution in [0.2, 0.25) is 5.02 Å². The third-order valence-electron chi connectivity index (χ3n) is 2.63. The van der Waals surface area contributed by atoms with Crippen molar-refractivity contribution in [3.8, 4) is 0 Å². The number of benzene rings is 1. The van der Waals surface area contributed by atoms with Gasteiger partial charge >= 0.3 is 0 Å². The van der Waals surface area contributed by atoms with E-state index in [1.165, 1.54) is 6.07 Å². The van der Waals surface area contributed by atoms with E-state index < -0.39 is 6.10 Å². The zero-order chi connectivity index (χ0) is 13.0. The maximum Gasteiger partial charge on any atom is 0.146 e. The molecule has 96 valence electrons. The molecule has 0 saturated carbocycles. The minimum atomic E-state index is -0.431. The third kappa shape index (κ3) is 4.26. The van der Waals surface area contributed by atoms with Crippen LogP contribution in [0.4, 0.5) is 4.39 Å². The Hall–Kier alpha value is -0.640. The quantitative estimate of drug-likeness (QED) is 0.879. The van der Waals surface area contributed by atoms with Crippen LogP contribution in [0.25, 0.3) is 0 Å². The summed E-state index contributed by atoms with van der Waals surface area (Å²) in [6.07, 6.45) is -0.431. The third-order valence-corrected chi connectivity index (χ3v) is 2.93. The van der Waals surface area contributed by atoms with Crippen LogP contribution in [0.15, 0.2) is 18.2 Å². The molecule has 0 fully saturated rings. The van der Waals surface area contributed by atoms with E-state index >= 15 is 0 Å². The molecule has 0 spiro atoms. The number of aliphatic hydroxyl groups is 1. The molecule has 0 aliphatic heterocycles. The molecule has 0 aliphatic carbocycles. The standard InChI is InChI=1S/C13H19ClFNO/c1-9(2)16(7-10(3)17)8-11-5-4-6-12(14)13(11)15/h4-6,9-10,17H,7-8H2,1-3H3. The molecule has 1 rings (SSSR count). The zero-order valence-corrected chi connectivity index (χ0v) is 11.2. The average Bonchev–Trinajstić information content (AvgIpc) is 2.22. The summed E-state index contributed by atoms with van der Waals surface area (Å²) < 4.78 is 13.7. The van der Waals surface area contributed by atoms with E-state index in [1.807, 2.05) is 18.7 Å². The van der Waals surface area contributed by atoms with E-state index in [1.54, 1.807) is 19.1 Å². The van der Waals surface area contributed by atoms with Crippen molar-refractivity contribution in [2.45, 2.75) is 39.5 Å². The number of hydrogen-bond donors (Lipinski definition) is 1. The van der Waals surface area contributed by atoms with Crippen molar-refractivity contribution >= 4 is 11.6 Å². The van der Waals surface area contributed by atoms with Gasteiger partial charge in [0.25, 0.3) is 0 Å². The second kappa shape index (κ2) is 6.34. The molecule has 0 radical (unpaired) electrons. The Balaban J connectivity index is 2.82. The second-order valence-corrected chi connectivity index (χ2v) is 4.99. The van der Waals surface area contributed by atoms with E-state index in [0.717, 1.165) is 0 Å². The van der Waals surface area contributed by atoms with Gasteiger partial charge in [-0.05, 0) is 26.8 Å². The summed E-state index contributed by atoms with van der Waals surface area (Å²) >= 11 is 5.74. The molecule has 1 aromatic rings. The molecule has 0 aliphatic rings. The van der Waals surface area contributed by atoms with E-state index in [4.69, 9.17) is 11.6 Å². The SMILES string of the molecule is CC(O)CN(Cc1cccc(Cl)c1F)C(C)C. The number of hydrogen-bond acceptors (Lipinski definition) is 2. The lowest BCUT2D eigenvalue weighted by molar-refractivity contribution is 0.102. The van der Waals surface area contributed by atoms with Gasteiger partial charge in [-0.25, -0.2) is 4.39 Å². The first-order valence-corrected chi connectivity index (χ1v) is 6.14. The van der Waals surface area contributed by atoms with E-state index in [-0.39, 0.29) is 16.9 Å². The molecule has 0 saturated heterocycles. The lowest BCUT2D eigenvalue weighted by Gasteiger charge is -2.27. The predicted molar refractivity (Wildman–Crippen MR) is 68.6 cm³/mol. The van der Waals surface area contributed by atoms with Crippen LogP contribution >= 0.6 is 11.6 Å². The molecule has 1 unspecified atom stereocenters. The van der Waals surface area contributed by atoms with Gasteiger partial charge in [0.15, 0.2) is 0 Å². The first-order chi connectivity index (χ1) is 7.91. The van der Waals surface area contributed by atoms with Gasteiger partial charge in [-0.1, -0.05) is 23.7 Å². The van der Waals surface area contributed by atoms with Crippen LogP contribution in [-0.2, 0) is 6.54 Å². The van der Waals surface area contributed by atoms with Crippen molar-refractivity contribution < 1.29 is 9.50 Å². The summed E-state index contributed by atoms with van der Waals surface area (Å²) in [6, 6.07) is 5.23. The van der Waals surface area contributed by atoms with Crippen LogP contribution < -0.4 is 0 Å². The molecule has 4 heteroatoms. The Morgan fingerprint density at radius 3 is 2.53 bits per heavy atom. The minimum absolute atomic E-state index is 0.142. The molecule has 2 nitrogen and oxygen atoms in total. The highest BCUT2D eigenvalue weighted by molar-refractivity contribution is 6.30. The predicted octanol–water partition coefficient (Wildman–Crippen LogP) is 3.07. The lowest BCUT2D eigenvalue weighted by Crippen LogP contribution is -2.36. The molecule has 0 bridgehead atoms. The first-order valence-electron chi connectivity index (χ1n) is 5.76. The Kier molecular flexibility index (Phi) is 5.37. The van der Waals surface area contributed by atoms with Crippen molar-refractivity contribution in [3.63, 3.8) is 0 Å². The first kappa shape index (κ1) is 14.4. The summed E-state index contributed by atoms with van der Waals surface area (Å²) in [5.74, 6) is -0.370. The van der Waals surface area contributed by atoms with Gasteiger partial charge in [0.1, 0.15) is 5.82 Å². The van der Waals surface area contributed by atoms with Gasteiger partial charge in [0, 0.05) is 24.7 Å². The van der Waals surface area contributed by atoms with Crippen LogP contribution in [0.5, 0.6) is 0 Å². The molecular formula is C13H19ClFNO. The summed E-state index contributed by atoms with van der Waals surface area (Å²) in [4.78, 5) is 2.01. The Labute approximate surface area is 107 Å². The van der Waals surface area contributed by atoms with E-state index in [0.29, 0.717) is 18.7 Å². The Morgan fingerprint density at radius 2 is 2.00 bits per heavy atom. The monoisotopic (exact) mass is 259 g/mol. The molecule has 1 atom stereocenters. The van der Waals surface area contributed by atoms with Crippen LogP contribution in [0, 0.1) is 5.82 Å².